The Labute approximate surface area is 129 Å². The number of fused-ring (bicyclic) bond motifs is 1. The third-order valence-electron chi connectivity index (χ3n) is 5.67. The van der Waals surface area contributed by atoms with Gasteiger partial charge in [-0.25, -0.2) is 0 Å². The summed E-state index contributed by atoms with van der Waals surface area (Å²) in [5.74, 6) is 0. The fraction of sp³-hybridized carbons (Fsp3) is 0.625. The second-order valence-electron chi connectivity index (χ2n) is 7.19. The van der Waals surface area contributed by atoms with Crippen molar-refractivity contribution in [3.05, 3.63) is 34.3 Å². The molecule has 0 spiro atoms. The summed E-state index contributed by atoms with van der Waals surface area (Å²) in [6, 6.07) is 8.90. The van der Waals surface area contributed by atoms with Gasteiger partial charge in [-0.15, -0.1) is 0 Å². The first-order valence-corrected chi connectivity index (χ1v) is 8.28. The van der Waals surface area contributed by atoms with Gasteiger partial charge in [0.05, 0.1) is 0 Å². The van der Waals surface area contributed by atoms with Crippen LogP contribution in [0.15, 0.2) is 28.7 Å². The molecule has 4 fully saturated rings. The average molecular weight is 336 g/mol. The van der Waals surface area contributed by atoms with Crippen molar-refractivity contribution in [2.75, 3.05) is 39.3 Å². The lowest BCUT2D eigenvalue weighted by molar-refractivity contribution is -0.0266. The lowest BCUT2D eigenvalue weighted by Crippen LogP contribution is -2.73. The van der Waals surface area contributed by atoms with E-state index in [1.54, 1.807) is 0 Å². The first kappa shape index (κ1) is 13.3. The van der Waals surface area contributed by atoms with Crippen LogP contribution in [0.1, 0.15) is 12.5 Å². The average Bonchev–Trinajstić information content (AvgIpc) is 2.63. The molecule has 0 aromatic heterocycles. The molecule has 0 radical (unpaired) electrons. The van der Waals surface area contributed by atoms with Crippen LogP contribution < -0.4 is 5.73 Å². The molecule has 4 aliphatic rings. The monoisotopic (exact) mass is 335 g/mol. The molecular weight excluding hydrogens is 314 g/mol. The van der Waals surface area contributed by atoms with Gasteiger partial charge in [0.1, 0.15) is 0 Å². The summed E-state index contributed by atoms with van der Waals surface area (Å²) in [5, 5.41) is 0. The summed E-state index contributed by atoms with van der Waals surface area (Å²) in [7, 11) is 0. The molecule has 5 rings (SSSR count). The van der Waals surface area contributed by atoms with E-state index in [0.717, 1.165) is 26.2 Å². The number of nitrogens with two attached hydrogens (primary N) is 1. The highest BCUT2D eigenvalue weighted by Gasteiger charge is 2.59. The number of rotatable bonds is 1. The van der Waals surface area contributed by atoms with Crippen molar-refractivity contribution in [2.45, 2.75) is 18.4 Å². The molecule has 0 amide bonds. The Morgan fingerprint density at radius 3 is 2.30 bits per heavy atom. The second kappa shape index (κ2) is 4.29. The molecule has 4 bridgehead atoms. The van der Waals surface area contributed by atoms with Crippen molar-refractivity contribution in [3.8, 4) is 0 Å². The molecule has 3 nitrogen and oxygen atoms in total. The fourth-order valence-electron chi connectivity index (χ4n) is 4.89. The van der Waals surface area contributed by atoms with Crippen molar-refractivity contribution < 1.29 is 0 Å². The van der Waals surface area contributed by atoms with Gasteiger partial charge >= 0.3 is 0 Å². The highest BCUT2D eigenvalue weighted by atomic mass is 79.9. The number of hydrogen-bond acceptors (Lipinski definition) is 3. The molecule has 4 saturated heterocycles. The van der Waals surface area contributed by atoms with Gasteiger partial charge in [-0.05, 0) is 11.6 Å². The maximum Gasteiger partial charge on any atom is 0.0375 e. The minimum atomic E-state index is 0.0713. The van der Waals surface area contributed by atoms with Crippen LogP contribution in [0.5, 0.6) is 0 Å². The molecule has 4 heterocycles. The highest BCUT2D eigenvalue weighted by Crippen LogP contribution is 2.49. The van der Waals surface area contributed by atoms with Gasteiger partial charge in [0.15, 0.2) is 0 Å². The first-order valence-electron chi connectivity index (χ1n) is 7.49. The van der Waals surface area contributed by atoms with Gasteiger partial charge in [0.2, 0.25) is 0 Å². The molecular formula is C16H22BrN3. The molecule has 2 N–H and O–H groups in total. The second-order valence-corrected chi connectivity index (χ2v) is 8.04. The van der Waals surface area contributed by atoms with E-state index in [-0.39, 0.29) is 16.9 Å². The van der Waals surface area contributed by atoms with Gasteiger partial charge in [0.25, 0.3) is 0 Å². The zero-order chi connectivity index (χ0) is 14.0. The Hall–Kier alpha value is -0.420. The van der Waals surface area contributed by atoms with Crippen molar-refractivity contribution >= 4 is 15.9 Å². The molecule has 1 aromatic rings. The SMILES string of the molecule is CC12CN3CCN(C1)CC(c1ccccc1Br)(C3)C2N. The summed E-state index contributed by atoms with van der Waals surface area (Å²) >= 11 is 3.76. The minimum Gasteiger partial charge on any atom is -0.326 e. The van der Waals surface area contributed by atoms with Gasteiger partial charge < -0.3 is 15.5 Å². The number of piperidine rings is 2. The number of benzene rings is 1. The van der Waals surface area contributed by atoms with Crippen LogP contribution in [0.3, 0.4) is 0 Å². The van der Waals surface area contributed by atoms with E-state index in [9.17, 15) is 0 Å². The first-order chi connectivity index (χ1) is 9.53. The summed E-state index contributed by atoms with van der Waals surface area (Å²) in [4.78, 5) is 5.27. The third kappa shape index (κ3) is 1.68. The van der Waals surface area contributed by atoms with Crippen molar-refractivity contribution in [1.29, 1.82) is 0 Å². The molecule has 0 aliphatic carbocycles. The Balaban J connectivity index is 1.89. The van der Waals surface area contributed by atoms with Crippen molar-refractivity contribution in [1.82, 2.24) is 9.80 Å². The lowest BCUT2D eigenvalue weighted by Gasteiger charge is -2.59. The highest BCUT2D eigenvalue weighted by molar-refractivity contribution is 9.10. The zero-order valence-corrected chi connectivity index (χ0v) is 13.6. The van der Waals surface area contributed by atoms with Crippen LogP contribution in [0, 0.1) is 5.41 Å². The summed E-state index contributed by atoms with van der Waals surface area (Å²) in [5.41, 5.74) is 8.51. The molecule has 4 heteroatoms. The molecule has 3 atom stereocenters. The minimum absolute atomic E-state index is 0.0713. The number of hydrogen-bond donors (Lipinski definition) is 1. The molecule has 1 aromatic carbocycles. The van der Waals surface area contributed by atoms with Gasteiger partial charge in [-0.1, -0.05) is 41.1 Å². The molecule has 4 aliphatic heterocycles. The molecule has 20 heavy (non-hydrogen) atoms. The maximum absolute atomic E-state index is 6.83. The predicted molar refractivity (Wildman–Crippen MR) is 84.8 cm³/mol. The van der Waals surface area contributed by atoms with E-state index in [4.69, 9.17) is 5.73 Å². The zero-order valence-electron chi connectivity index (χ0n) is 12.0. The summed E-state index contributed by atoms with van der Waals surface area (Å²) in [6.45, 7) is 9.26. The Morgan fingerprint density at radius 2 is 1.70 bits per heavy atom. The topological polar surface area (TPSA) is 32.5 Å². The quantitative estimate of drug-likeness (QED) is 0.847. The molecule has 108 valence electrons. The van der Waals surface area contributed by atoms with Crippen LogP contribution in [0.2, 0.25) is 0 Å². The predicted octanol–water partition coefficient (Wildman–Crippen LogP) is 1.67. The van der Waals surface area contributed by atoms with E-state index < -0.39 is 0 Å². The molecule has 0 saturated carbocycles. The Morgan fingerprint density at radius 1 is 1.10 bits per heavy atom. The standard InChI is InChI=1S/C16H22BrN3/c1-15-8-19-6-7-20(9-15)11-16(10-19,14(15)18)12-4-2-3-5-13(12)17/h2-5,14H,6-11,18H2,1H3. The number of nitrogens with zero attached hydrogens (tertiary/aromatic N) is 2. The van der Waals surface area contributed by atoms with Crippen LogP contribution in [0.25, 0.3) is 0 Å². The normalized spacial score (nSPS) is 46.5. The van der Waals surface area contributed by atoms with Crippen molar-refractivity contribution in [3.63, 3.8) is 0 Å². The van der Waals surface area contributed by atoms with Gasteiger partial charge in [0, 0.05) is 60.6 Å². The fourth-order valence-corrected chi connectivity index (χ4v) is 5.57. The van der Waals surface area contributed by atoms with E-state index >= 15 is 0 Å². The van der Waals surface area contributed by atoms with E-state index in [1.165, 1.54) is 23.1 Å². The van der Waals surface area contributed by atoms with E-state index in [1.807, 2.05) is 0 Å². The van der Waals surface area contributed by atoms with E-state index in [2.05, 4.69) is 56.9 Å². The smallest absolute Gasteiger partial charge is 0.0375 e. The maximum atomic E-state index is 6.83. The van der Waals surface area contributed by atoms with Gasteiger partial charge in [-0.3, -0.25) is 0 Å². The van der Waals surface area contributed by atoms with E-state index in [0.29, 0.717) is 0 Å². The largest absolute Gasteiger partial charge is 0.326 e. The number of halogens is 1. The summed E-state index contributed by atoms with van der Waals surface area (Å²) < 4.78 is 1.21. The third-order valence-corrected chi connectivity index (χ3v) is 6.36. The molecule has 3 unspecified atom stereocenters. The van der Waals surface area contributed by atoms with Crippen LogP contribution in [-0.2, 0) is 5.41 Å². The van der Waals surface area contributed by atoms with Crippen molar-refractivity contribution in [2.24, 2.45) is 11.1 Å². The van der Waals surface area contributed by atoms with Crippen LogP contribution in [-0.4, -0.2) is 55.1 Å². The lowest BCUT2D eigenvalue weighted by atomic mass is 9.58. The summed E-state index contributed by atoms with van der Waals surface area (Å²) in [6.07, 6.45) is 0. The Kier molecular flexibility index (Phi) is 2.84. The van der Waals surface area contributed by atoms with Gasteiger partial charge in [-0.2, -0.15) is 0 Å². The van der Waals surface area contributed by atoms with Crippen LogP contribution in [0.4, 0.5) is 0 Å². The van der Waals surface area contributed by atoms with Crippen LogP contribution >= 0.6 is 15.9 Å². The Bertz CT molecular complexity index is 528.